The van der Waals surface area contributed by atoms with Crippen molar-refractivity contribution in [1.82, 2.24) is 4.90 Å². The molecular weight excluding hydrogens is 460 g/mol. The fourth-order valence-electron chi connectivity index (χ4n) is 4.38. The summed E-state index contributed by atoms with van der Waals surface area (Å²) in [4.78, 5) is 2.18. The van der Waals surface area contributed by atoms with Crippen LogP contribution >= 0.6 is 12.2 Å². The number of thiocarbonyl (C=S) groups is 1. The van der Waals surface area contributed by atoms with Gasteiger partial charge < -0.3 is 29.2 Å². The van der Waals surface area contributed by atoms with Crippen molar-refractivity contribution in [3.05, 3.63) is 77.4 Å². The lowest BCUT2D eigenvalue weighted by atomic mass is 9.92. The van der Waals surface area contributed by atoms with Crippen molar-refractivity contribution in [3.8, 4) is 23.0 Å². The van der Waals surface area contributed by atoms with E-state index < -0.39 is 0 Å². The lowest BCUT2D eigenvalue weighted by Gasteiger charge is -2.39. The molecule has 0 bridgehead atoms. The Kier molecular flexibility index (Phi) is 7.98. The van der Waals surface area contributed by atoms with Gasteiger partial charge in [-0.05, 0) is 78.1 Å². The molecule has 1 aliphatic heterocycles. The van der Waals surface area contributed by atoms with E-state index >= 15 is 0 Å². The van der Waals surface area contributed by atoms with Gasteiger partial charge in [-0.1, -0.05) is 31.2 Å². The van der Waals surface area contributed by atoms with Crippen molar-refractivity contribution in [2.45, 2.75) is 25.8 Å². The first kappa shape index (κ1) is 24.7. The number of aryl methyl sites for hydroxylation is 1. The number of nitrogens with one attached hydrogen (secondary N) is 1. The molecule has 0 unspecified atom stereocenters. The predicted molar refractivity (Wildman–Crippen MR) is 143 cm³/mol. The molecule has 0 saturated carbocycles. The van der Waals surface area contributed by atoms with Gasteiger partial charge in [0, 0.05) is 6.54 Å². The molecular formula is C28H32N2O4S. The van der Waals surface area contributed by atoms with E-state index in [9.17, 15) is 0 Å². The molecule has 1 atom stereocenters. The zero-order valence-corrected chi connectivity index (χ0v) is 21.5. The van der Waals surface area contributed by atoms with Gasteiger partial charge in [-0.25, -0.2) is 0 Å². The first-order valence-electron chi connectivity index (χ1n) is 11.7. The SMILES string of the molecule is CCc1ccc(OC[C@@H]2c3cc(OC)c(OC)cc3CCN2C(=S)Nc2ccccc2OC)cc1. The largest absolute Gasteiger partial charge is 0.495 e. The molecule has 7 heteroatoms. The average molecular weight is 493 g/mol. The molecule has 184 valence electrons. The summed E-state index contributed by atoms with van der Waals surface area (Å²) in [5.41, 5.74) is 4.42. The van der Waals surface area contributed by atoms with E-state index in [4.69, 9.17) is 31.2 Å². The standard InChI is InChI=1S/C28H32N2O4S/c1-5-19-10-12-21(13-11-19)34-18-24-22-17-27(33-4)26(32-3)16-20(22)14-15-30(24)28(35)29-23-8-6-7-9-25(23)31-2/h6-13,16-17,24H,5,14-15,18H2,1-4H3,(H,29,35)/t24-/m1/s1. The van der Waals surface area contributed by atoms with Gasteiger partial charge in [-0.3, -0.25) is 0 Å². The fraction of sp³-hybridized carbons (Fsp3) is 0.321. The van der Waals surface area contributed by atoms with E-state index in [2.05, 4.69) is 35.3 Å². The molecule has 3 aromatic carbocycles. The summed E-state index contributed by atoms with van der Waals surface area (Å²) >= 11 is 5.89. The fourth-order valence-corrected chi connectivity index (χ4v) is 4.71. The molecule has 0 radical (unpaired) electrons. The number of fused-ring (bicyclic) bond motifs is 1. The summed E-state index contributed by atoms with van der Waals surface area (Å²) in [6.07, 6.45) is 1.82. The summed E-state index contributed by atoms with van der Waals surface area (Å²) < 4.78 is 22.9. The Labute approximate surface area is 212 Å². The van der Waals surface area contributed by atoms with Crippen molar-refractivity contribution in [3.63, 3.8) is 0 Å². The maximum Gasteiger partial charge on any atom is 0.174 e. The van der Waals surface area contributed by atoms with Gasteiger partial charge in [0.2, 0.25) is 0 Å². The Morgan fingerprint density at radius 2 is 1.63 bits per heavy atom. The molecule has 0 spiro atoms. The van der Waals surface area contributed by atoms with Crippen molar-refractivity contribution < 1.29 is 18.9 Å². The van der Waals surface area contributed by atoms with Crippen LogP contribution in [0.25, 0.3) is 0 Å². The molecule has 0 fully saturated rings. The zero-order valence-electron chi connectivity index (χ0n) is 20.7. The number of nitrogens with zero attached hydrogens (tertiary/aromatic N) is 1. The van der Waals surface area contributed by atoms with Crippen molar-refractivity contribution >= 4 is 23.0 Å². The smallest absolute Gasteiger partial charge is 0.174 e. The van der Waals surface area contributed by atoms with Crippen LogP contribution in [0.15, 0.2) is 60.7 Å². The Bertz CT molecular complexity index is 1170. The number of ether oxygens (including phenoxy) is 4. The highest BCUT2D eigenvalue weighted by atomic mass is 32.1. The van der Waals surface area contributed by atoms with Gasteiger partial charge in [-0.2, -0.15) is 0 Å². The molecule has 1 heterocycles. The van der Waals surface area contributed by atoms with Crippen molar-refractivity contribution in [2.75, 3.05) is 39.8 Å². The molecule has 3 aromatic rings. The van der Waals surface area contributed by atoms with E-state index in [1.54, 1.807) is 21.3 Å². The number of hydrogen-bond acceptors (Lipinski definition) is 5. The van der Waals surface area contributed by atoms with E-state index in [1.807, 2.05) is 42.5 Å². The maximum atomic E-state index is 6.28. The van der Waals surface area contributed by atoms with E-state index in [0.29, 0.717) is 17.5 Å². The van der Waals surface area contributed by atoms with Gasteiger partial charge in [0.05, 0.1) is 33.1 Å². The first-order chi connectivity index (χ1) is 17.1. The minimum atomic E-state index is -0.112. The van der Waals surface area contributed by atoms with Crippen LogP contribution in [0.3, 0.4) is 0 Å². The molecule has 6 nitrogen and oxygen atoms in total. The van der Waals surface area contributed by atoms with Gasteiger partial charge in [0.1, 0.15) is 18.1 Å². The van der Waals surface area contributed by atoms with Gasteiger partial charge in [0.15, 0.2) is 16.6 Å². The minimum Gasteiger partial charge on any atom is -0.495 e. The molecule has 1 aliphatic rings. The summed E-state index contributed by atoms with van der Waals surface area (Å²) in [5.74, 6) is 2.99. The van der Waals surface area contributed by atoms with Crippen LogP contribution in [0.2, 0.25) is 0 Å². The normalized spacial score (nSPS) is 14.6. The molecule has 4 rings (SSSR count). The van der Waals surface area contributed by atoms with Gasteiger partial charge in [0.25, 0.3) is 0 Å². The van der Waals surface area contributed by atoms with Crippen molar-refractivity contribution in [2.24, 2.45) is 0 Å². The van der Waals surface area contributed by atoms with E-state index in [-0.39, 0.29) is 6.04 Å². The molecule has 0 aromatic heterocycles. The molecule has 0 amide bonds. The Balaban J connectivity index is 1.64. The van der Waals surface area contributed by atoms with E-state index in [1.165, 1.54) is 11.1 Å². The molecule has 35 heavy (non-hydrogen) atoms. The maximum absolute atomic E-state index is 6.28. The Morgan fingerprint density at radius 3 is 2.31 bits per heavy atom. The lowest BCUT2D eigenvalue weighted by Crippen LogP contribution is -2.44. The highest BCUT2D eigenvalue weighted by molar-refractivity contribution is 7.80. The van der Waals surface area contributed by atoms with Gasteiger partial charge >= 0.3 is 0 Å². The van der Waals surface area contributed by atoms with Crippen LogP contribution in [-0.4, -0.2) is 44.5 Å². The third kappa shape index (κ3) is 5.46. The van der Waals surface area contributed by atoms with Crippen LogP contribution in [0, 0.1) is 0 Å². The second-order valence-corrected chi connectivity index (χ2v) is 8.69. The molecule has 0 aliphatic carbocycles. The Hall–Kier alpha value is -3.45. The summed E-state index contributed by atoms with van der Waals surface area (Å²) in [7, 11) is 4.96. The number of benzene rings is 3. The zero-order chi connectivity index (χ0) is 24.8. The first-order valence-corrected chi connectivity index (χ1v) is 12.2. The summed E-state index contributed by atoms with van der Waals surface area (Å²) in [6, 6.07) is 20.0. The lowest BCUT2D eigenvalue weighted by molar-refractivity contribution is 0.190. The number of hydrogen-bond donors (Lipinski definition) is 1. The second kappa shape index (κ2) is 11.3. The molecule has 0 saturated heterocycles. The number of rotatable bonds is 8. The average Bonchev–Trinajstić information content (AvgIpc) is 2.91. The second-order valence-electron chi connectivity index (χ2n) is 8.30. The summed E-state index contributed by atoms with van der Waals surface area (Å²) in [6.45, 7) is 3.32. The van der Waals surface area contributed by atoms with Crippen LogP contribution in [0.1, 0.15) is 29.7 Å². The monoisotopic (exact) mass is 492 g/mol. The summed E-state index contributed by atoms with van der Waals surface area (Å²) in [5, 5.41) is 3.99. The number of anilines is 1. The van der Waals surface area contributed by atoms with Crippen LogP contribution in [0.5, 0.6) is 23.0 Å². The van der Waals surface area contributed by atoms with E-state index in [0.717, 1.165) is 47.9 Å². The molecule has 1 N–H and O–H groups in total. The third-order valence-electron chi connectivity index (χ3n) is 6.35. The van der Waals surface area contributed by atoms with Crippen LogP contribution in [-0.2, 0) is 12.8 Å². The van der Waals surface area contributed by atoms with Crippen LogP contribution < -0.4 is 24.3 Å². The third-order valence-corrected chi connectivity index (χ3v) is 6.69. The Morgan fingerprint density at radius 1 is 0.943 bits per heavy atom. The topological polar surface area (TPSA) is 52.2 Å². The highest BCUT2D eigenvalue weighted by Crippen LogP contribution is 2.39. The highest BCUT2D eigenvalue weighted by Gasteiger charge is 2.31. The quantitative estimate of drug-likeness (QED) is 0.408. The predicted octanol–water partition coefficient (Wildman–Crippen LogP) is 5.65. The van der Waals surface area contributed by atoms with Gasteiger partial charge in [-0.15, -0.1) is 0 Å². The number of methoxy groups -OCH3 is 3. The number of para-hydroxylation sites is 2. The van der Waals surface area contributed by atoms with Crippen LogP contribution in [0.4, 0.5) is 5.69 Å². The minimum absolute atomic E-state index is 0.112. The van der Waals surface area contributed by atoms with Crippen molar-refractivity contribution in [1.29, 1.82) is 0 Å².